The number of hydrogen-bond acceptors (Lipinski definition) is 2. The predicted octanol–water partition coefficient (Wildman–Crippen LogP) is 3.50. The first kappa shape index (κ1) is 15.2. The maximum Gasteiger partial charge on any atom is 0.241 e. The number of anilines is 1. The van der Waals surface area contributed by atoms with Crippen LogP contribution in [0, 0.1) is 5.82 Å². The molecule has 0 aliphatic carbocycles. The minimum absolute atomic E-state index is 0.0397. The molecule has 0 heterocycles. The molecule has 2 aromatic carbocycles. The molecule has 2 N–H and O–H groups in total. The minimum Gasteiger partial charge on any atom is -0.325 e. The van der Waals surface area contributed by atoms with E-state index in [1.165, 1.54) is 12.1 Å². The molecule has 0 aliphatic rings. The van der Waals surface area contributed by atoms with Gasteiger partial charge < -0.3 is 5.32 Å². The number of rotatable bonds is 5. The molecule has 4 heteroatoms. The fraction of sp³-hybridized carbons (Fsp3) is 0.235. The van der Waals surface area contributed by atoms with Crippen LogP contribution in [0.4, 0.5) is 10.1 Å². The fourth-order valence-electron chi connectivity index (χ4n) is 2.07. The molecule has 2 aromatic rings. The van der Waals surface area contributed by atoms with E-state index >= 15 is 0 Å². The Kier molecular flexibility index (Phi) is 5.06. The zero-order valence-electron chi connectivity index (χ0n) is 12.1. The van der Waals surface area contributed by atoms with Crippen molar-refractivity contribution in [2.24, 2.45) is 0 Å². The molecular weight excluding hydrogens is 267 g/mol. The van der Waals surface area contributed by atoms with Gasteiger partial charge in [-0.1, -0.05) is 30.3 Å². The molecule has 0 aliphatic heterocycles. The SMILES string of the molecule is CC(NC(C)c1ccc(F)cc1)C(=O)Nc1ccccc1. The zero-order valence-corrected chi connectivity index (χ0v) is 12.1. The highest BCUT2D eigenvalue weighted by molar-refractivity contribution is 5.94. The lowest BCUT2D eigenvalue weighted by atomic mass is 10.1. The predicted molar refractivity (Wildman–Crippen MR) is 82.5 cm³/mol. The first-order valence-corrected chi connectivity index (χ1v) is 6.93. The van der Waals surface area contributed by atoms with Crippen LogP contribution in [0.1, 0.15) is 25.5 Å². The molecule has 0 radical (unpaired) electrons. The lowest BCUT2D eigenvalue weighted by molar-refractivity contribution is -0.117. The summed E-state index contributed by atoms with van der Waals surface area (Å²) in [7, 11) is 0. The van der Waals surface area contributed by atoms with Gasteiger partial charge >= 0.3 is 0 Å². The quantitative estimate of drug-likeness (QED) is 0.883. The topological polar surface area (TPSA) is 41.1 Å². The maximum atomic E-state index is 12.9. The summed E-state index contributed by atoms with van der Waals surface area (Å²) in [4.78, 5) is 12.1. The highest BCUT2D eigenvalue weighted by Gasteiger charge is 2.16. The zero-order chi connectivity index (χ0) is 15.2. The second-order valence-corrected chi connectivity index (χ2v) is 5.02. The smallest absolute Gasteiger partial charge is 0.241 e. The van der Waals surface area contributed by atoms with Gasteiger partial charge in [-0.2, -0.15) is 0 Å². The van der Waals surface area contributed by atoms with E-state index in [-0.39, 0.29) is 23.8 Å². The minimum atomic E-state index is -0.356. The van der Waals surface area contributed by atoms with Gasteiger partial charge in [0, 0.05) is 11.7 Å². The number of para-hydroxylation sites is 1. The second kappa shape index (κ2) is 6.99. The number of amides is 1. The van der Waals surface area contributed by atoms with Gasteiger partial charge in [0.15, 0.2) is 0 Å². The van der Waals surface area contributed by atoms with Gasteiger partial charge in [-0.05, 0) is 43.7 Å². The first-order valence-electron chi connectivity index (χ1n) is 6.93. The van der Waals surface area contributed by atoms with E-state index in [1.807, 2.05) is 37.3 Å². The second-order valence-electron chi connectivity index (χ2n) is 5.02. The lowest BCUT2D eigenvalue weighted by Crippen LogP contribution is -2.39. The Hall–Kier alpha value is -2.20. The van der Waals surface area contributed by atoms with Gasteiger partial charge in [0.2, 0.25) is 5.91 Å². The molecule has 0 bridgehead atoms. The van der Waals surface area contributed by atoms with Crippen LogP contribution in [-0.4, -0.2) is 11.9 Å². The van der Waals surface area contributed by atoms with Gasteiger partial charge in [0.25, 0.3) is 0 Å². The van der Waals surface area contributed by atoms with Crippen molar-refractivity contribution in [1.29, 1.82) is 0 Å². The van der Waals surface area contributed by atoms with Crippen LogP contribution in [0.25, 0.3) is 0 Å². The molecule has 2 unspecified atom stereocenters. The number of carbonyl (C=O) groups excluding carboxylic acids is 1. The average Bonchev–Trinajstić information content (AvgIpc) is 2.48. The summed E-state index contributed by atoms with van der Waals surface area (Å²) < 4.78 is 12.9. The molecule has 0 aromatic heterocycles. The molecule has 1 amide bonds. The molecular formula is C17H19FN2O. The van der Waals surface area contributed by atoms with Crippen molar-refractivity contribution >= 4 is 11.6 Å². The summed E-state index contributed by atoms with van der Waals surface area (Å²) in [5.41, 5.74) is 1.71. The maximum absolute atomic E-state index is 12.9. The van der Waals surface area contributed by atoms with Crippen LogP contribution >= 0.6 is 0 Å². The van der Waals surface area contributed by atoms with E-state index in [9.17, 15) is 9.18 Å². The summed E-state index contributed by atoms with van der Waals surface area (Å²) >= 11 is 0. The monoisotopic (exact) mass is 286 g/mol. The van der Waals surface area contributed by atoms with Gasteiger partial charge in [-0.3, -0.25) is 10.1 Å². The van der Waals surface area contributed by atoms with E-state index in [0.717, 1.165) is 11.3 Å². The Morgan fingerprint density at radius 3 is 2.24 bits per heavy atom. The number of carbonyl (C=O) groups is 1. The van der Waals surface area contributed by atoms with Gasteiger partial charge in [-0.25, -0.2) is 4.39 Å². The Morgan fingerprint density at radius 2 is 1.62 bits per heavy atom. The van der Waals surface area contributed by atoms with Crippen molar-refractivity contribution < 1.29 is 9.18 Å². The van der Waals surface area contributed by atoms with Crippen LogP contribution in [-0.2, 0) is 4.79 Å². The van der Waals surface area contributed by atoms with E-state index in [4.69, 9.17) is 0 Å². The van der Waals surface area contributed by atoms with Crippen molar-refractivity contribution in [2.75, 3.05) is 5.32 Å². The van der Waals surface area contributed by atoms with Crippen molar-refractivity contribution in [3.8, 4) is 0 Å². The van der Waals surface area contributed by atoms with E-state index in [1.54, 1.807) is 19.1 Å². The first-order chi connectivity index (χ1) is 10.1. The fourth-order valence-corrected chi connectivity index (χ4v) is 2.07. The molecule has 0 fully saturated rings. The number of hydrogen-bond donors (Lipinski definition) is 2. The summed E-state index contributed by atoms with van der Waals surface area (Å²) in [6, 6.07) is 15.2. The molecule has 0 saturated carbocycles. The molecule has 110 valence electrons. The molecule has 3 nitrogen and oxygen atoms in total. The van der Waals surface area contributed by atoms with Crippen molar-refractivity contribution in [2.45, 2.75) is 25.9 Å². The summed E-state index contributed by atoms with van der Waals surface area (Å²) in [5.74, 6) is -0.365. The third kappa shape index (κ3) is 4.39. The van der Waals surface area contributed by atoms with Crippen molar-refractivity contribution in [3.63, 3.8) is 0 Å². The number of nitrogens with one attached hydrogen (secondary N) is 2. The molecule has 2 atom stereocenters. The van der Waals surface area contributed by atoms with Crippen LogP contribution in [0.5, 0.6) is 0 Å². The number of benzene rings is 2. The highest BCUT2D eigenvalue weighted by atomic mass is 19.1. The van der Waals surface area contributed by atoms with E-state index in [2.05, 4.69) is 10.6 Å². The van der Waals surface area contributed by atoms with Crippen LogP contribution in [0.3, 0.4) is 0 Å². The largest absolute Gasteiger partial charge is 0.325 e. The van der Waals surface area contributed by atoms with Gasteiger partial charge in [-0.15, -0.1) is 0 Å². The summed E-state index contributed by atoms with van der Waals surface area (Å²) in [6.45, 7) is 3.75. The van der Waals surface area contributed by atoms with E-state index < -0.39 is 0 Å². The highest BCUT2D eigenvalue weighted by Crippen LogP contribution is 2.14. The summed E-state index contributed by atoms with van der Waals surface area (Å²) in [6.07, 6.45) is 0. The van der Waals surface area contributed by atoms with Gasteiger partial charge in [0.05, 0.1) is 6.04 Å². The Balaban J connectivity index is 1.92. The van der Waals surface area contributed by atoms with Crippen LogP contribution in [0.15, 0.2) is 54.6 Å². The molecule has 0 saturated heterocycles. The summed E-state index contributed by atoms with van der Waals surface area (Å²) in [5, 5.41) is 6.05. The van der Waals surface area contributed by atoms with Crippen molar-refractivity contribution in [1.82, 2.24) is 5.32 Å². The standard InChI is InChI=1S/C17H19FN2O/c1-12(14-8-10-15(18)11-9-14)19-13(2)17(21)20-16-6-4-3-5-7-16/h3-13,19H,1-2H3,(H,20,21). The lowest BCUT2D eigenvalue weighted by Gasteiger charge is -2.20. The Labute approximate surface area is 124 Å². The molecule has 21 heavy (non-hydrogen) atoms. The third-order valence-corrected chi connectivity index (χ3v) is 3.30. The van der Waals surface area contributed by atoms with E-state index in [0.29, 0.717) is 0 Å². The Morgan fingerprint density at radius 1 is 1.00 bits per heavy atom. The van der Waals surface area contributed by atoms with Crippen molar-refractivity contribution in [3.05, 3.63) is 66.0 Å². The average molecular weight is 286 g/mol. The Bertz CT molecular complexity index is 583. The normalized spacial score (nSPS) is 13.5. The molecule has 0 spiro atoms. The van der Waals surface area contributed by atoms with Gasteiger partial charge in [0.1, 0.15) is 5.82 Å². The number of halogens is 1. The van der Waals surface area contributed by atoms with Crippen LogP contribution in [0.2, 0.25) is 0 Å². The van der Waals surface area contributed by atoms with Crippen LogP contribution < -0.4 is 10.6 Å². The third-order valence-electron chi connectivity index (χ3n) is 3.30. The molecule has 2 rings (SSSR count).